The molecule has 0 saturated heterocycles. The third-order valence-corrected chi connectivity index (χ3v) is 4.85. The minimum Gasteiger partial charge on any atom is -0.329 e. The maximum absolute atomic E-state index is 6.18. The zero-order chi connectivity index (χ0) is 15.2. The summed E-state index contributed by atoms with van der Waals surface area (Å²) in [5.74, 6) is 0.728. The third-order valence-electron chi connectivity index (χ3n) is 4.62. The monoisotopic (exact) mass is 308 g/mol. The number of hydrogen-bond donors (Lipinski definition) is 1. The highest BCUT2D eigenvalue weighted by Gasteiger charge is 2.28. The summed E-state index contributed by atoms with van der Waals surface area (Å²) in [7, 11) is 0. The van der Waals surface area contributed by atoms with E-state index in [1.165, 1.54) is 37.7 Å². The number of nitrogens with zero attached hydrogens (tertiary/aromatic N) is 1. The molecule has 0 amide bonds. The predicted octanol–water partition coefficient (Wildman–Crippen LogP) is 4.63. The van der Waals surface area contributed by atoms with Gasteiger partial charge in [-0.3, -0.25) is 4.90 Å². The highest BCUT2D eigenvalue weighted by Crippen LogP contribution is 2.32. The lowest BCUT2D eigenvalue weighted by Gasteiger charge is -2.37. The fourth-order valence-corrected chi connectivity index (χ4v) is 3.61. The molecule has 2 N–H and O–H groups in total. The van der Waals surface area contributed by atoms with Crippen molar-refractivity contribution in [3.8, 4) is 0 Å². The van der Waals surface area contributed by atoms with Gasteiger partial charge in [-0.2, -0.15) is 0 Å². The zero-order valence-corrected chi connectivity index (χ0v) is 14.1. The van der Waals surface area contributed by atoms with Crippen molar-refractivity contribution >= 4 is 11.6 Å². The maximum Gasteiger partial charge on any atom is 0.0473 e. The maximum atomic E-state index is 6.18. The van der Waals surface area contributed by atoms with Crippen LogP contribution in [0.2, 0.25) is 5.02 Å². The summed E-state index contributed by atoms with van der Waals surface area (Å²) in [4.78, 5) is 2.65. The second kappa shape index (κ2) is 8.17. The van der Waals surface area contributed by atoms with E-state index in [0.29, 0.717) is 18.6 Å². The molecule has 21 heavy (non-hydrogen) atoms. The molecule has 0 radical (unpaired) electrons. The van der Waals surface area contributed by atoms with E-state index in [0.717, 1.165) is 17.5 Å². The Morgan fingerprint density at radius 2 is 2.00 bits per heavy atom. The standard InChI is InChI=1S/C18H29ClN2/c1-14(2)10-11-21(17-8-3-4-9-17)18(13-20)15-6-5-7-16(19)12-15/h5-7,12,14,17-18H,3-4,8-11,13,20H2,1-2H3. The molecule has 0 heterocycles. The molecule has 2 nitrogen and oxygen atoms in total. The first kappa shape index (κ1) is 16.8. The average Bonchev–Trinajstić information content (AvgIpc) is 2.97. The molecule has 1 aromatic rings. The summed E-state index contributed by atoms with van der Waals surface area (Å²) in [5, 5.41) is 0.807. The summed E-state index contributed by atoms with van der Waals surface area (Å²) in [5.41, 5.74) is 7.41. The van der Waals surface area contributed by atoms with E-state index in [9.17, 15) is 0 Å². The quantitative estimate of drug-likeness (QED) is 0.795. The Balaban J connectivity index is 2.18. The minimum atomic E-state index is 0.297. The zero-order valence-electron chi connectivity index (χ0n) is 13.4. The number of benzene rings is 1. The summed E-state index contributed by atoms with van der Waals surface area (Å²) >= 11 is 6.18. The summed E-state index contributed by atoms with van der Waals surface area (Å²) in [6.45, 7) is 6.39. The van der Waals surface area contributed by atoms with Gasteiger partial charge in [0.2, 0.25) is 0 Å². The molecule has 1 aliphatic carbocycles. The fourth-order valence-electron chi connectivity index (χ4n) is 3.41. The Morgan fingerprint density at radius 1 is 1.29 bits per heavy atom. The normalized spacial score (nSPS) is 17.8. The molecule has 1 saturated carbocycles. The van der Waals surface area contributed by atoms with Crippen LogP contribution in [0.25, 0.3) is 0 Å². The summed E-state index contributed by atoms with van der Waals surface area (Å²) in [6, 6.07) is 9.21. The van der Waals surface area contributed by atoms with Crippen LogP contribution in [0.1, 0.15) is 57.6 Å². The van der Waals surface area contributed by atoms with Gasteiger partial charge in [-0.05, 0) is 49.4 Å². The largest absolute Gasteiger partial charge is 0.329 e. The van der Waals surface area contributed by atoms with Crippen LogP contribution in [0, 0.1) is 5.92 Å². The Labute approximate surface area is 134 Å². The van der Waals surface area contributed by atoms with Crippen LogP contribution in [0.3, 0.4) is 0 Å². The molecule has 1 unspecified atom stereocenters. The number of hydrogen-bond acceptors (Lipinski definition) is 2. The lowest BCUT2D eigenvalue weighted by molar-refractivity contribution is 0.131. The van der Waals surface area contributed by atoms with Gasteiger partial charge >= 0.3 is 0 Å². The number of nitrogens with two attached hydrogens (primary N) is 1. The predicted molar refractivity (Wildman–Crippen MR) is 91.7 cm³/mol. The van der Waals surface area contributed by atoms with Gasteiger partial charge in [-0.25, -0.2) is 0 Å². The van der Waals surface area contributed by atoms with Gasteiger partial charge in [0.15, 0.2) is 0 Å². The van der Waals surface area contributed by atoms with Crippen LogP contribution < -0.4 is 5.73 Å². The smallest absolute Gasteiger partial charge is 0.0473 e. The van der Waals surface area contributed by atoms with Crippen molar-refractivity contribution in [1.82, 2.24) is 4.90 Å². The second-order valence-electron chi connectivity index (χ2n) is 6.67. The van der Waals surface area contributed by atoms with E-state index < -0.39 is 0 Å². The molecule has 0 spiro atoms. The van der Waals surface area contributed by atoms with Gasteiger partial charge in [-0.1, -0.05) is 50.4 Å². The Hall–Kier alpha value is -0.570. The topological polar surface area (TPSA) is 29.3 Å². The first-order valence-corrected chi connectivity index (χ1v) is 8.71. The van der Waals surface area contributed by atoms with Crippen LogP contribution in [0.15, 0.2) is 24.3 Å². The number of rotatable bonds is 7. The van der Waals surface area contributed by atoms with Crippen LogP contribution in [0.5, 0.6) is 0 Å². The van der Waals surface area contributed by atoms with Crippen molar-refractivity contribution in [2.24, 2.45) is 11.7 Å². The van der Waals surface area contributed by atoms with Crippen LogP contribution in [0.4, 0.5) is 0 Å². The average molecular weight is 309 g/mol. The lowest BCUT2D eigenvalue weighted by Crippen LogP contribution is -2.41. The summed E-state index contributed by atoms with van der Waals surface area (Å²) in [6.07, 6.45) is 6.57. The van der Waals surface area contributed by atoms with Crippen molar-refractivity contribution in [3.05, 3.63) is 34.9 Å². The molecular weight excluding hydrogens is 280 g/mol. The Morgan fingerprint density at radius 3 is 2.57 bits per heavy atom. The highest BCUT2D eigenvalue weighted by molar-refractivity contribution is 6.30. The van der Waals surface area contributed by atoms with E-state index in [1.54, 1.807) is 0 Å². The van der Waals surface area contributed by atoms with Crippen molar-refractivity contribution in [3.63, 3.8) is 0 Å². The van der Waals surface area contributed by atoms with Gasteiger partial charge < -0.3 is 5.73 Å². The molecule has 1 atom stereocenters. The van der Waals surface area contributed by atoms with Crippen molar-refractivity contribution in [2.45, 2.75) is 58.0 Å². The molecule has 118 valence electrons. The first-order chi connectivity index (χ1) is 10.1. The van der Waals surface area contributed by atoms with Gasteiger partial charge in [0.25, 0.3) is 0 Å². The van der Waals surface area contributed by atoms with Gasteiger partial charge in [0.1, 0.15) is 0 Å². The van der Waals surface area contributed by atoms with E-state index in [4.69, 9.17) is 17.3 Å². The molecule has 1 aromatic carbocycles. The van der Waals surface area contributed by atoms with E-state index in [1.807, 2.05) is 12.1 Å². The van der Waals surface area contributed by atoms with Crippen LogP contribution >= 0.6 is 11.6 Å². The molecule has 0 bridgehead atoms. The van der Waals surface area contributed by atoms with Crippen molar-refractivity contribution in [1.29, 1.82) is 0 Å². The molecule has 3 heteroatoms. The Bertz CT molecular complexity index is 427. The molecular formula is C18H29ClN2. The van der Waals surface area contributed by atoms with Gasteiger partial charge in [0.05, 0.1) is 0 Å². The fraction of sp³-hybridized carbons (Fsp3) is 0.667. The van der Waals surface area contributed by atoms with Crippen LogP contribution in [-0.4, -0.2) is 24.0 Å². The summed E-state index contributed by atoms with van der Waals surface area (Å²) < 4.78 is 0. The molecule has 2 rings (SSSR count). The second-order valence-corrected chi connectivity index (χ2v) is 7.10. The third kappa shape index (κ3) is 4.70. The number of halogens is 1. The molecule has 1 aliphatic rings. The van der Waals surface area contributed by atoms with Crippen LogP contribution in [-0.2, 0) is 0 Å². The van der Waals surface area contributed by atoms with Crippen molar-refractivity contribution < 1.29 is 0 Å². The molecule has 0 aliphatic heterocycles. The first-order valence-electron chi connectivity index (χ1n) is 8.33. The molecule has 1 fully saturated rings. The minimum absolute atomic E-state index is 0.297. The van der Waals surface area contributed by atoms with Crippen molar-refractivity contribution in [2.75, 3.05) is 13.1 Å². The van der Waals surface area contributed by atoms with Gasteiger partial charge in [-0.15, -0.1) is 0 Å². The molecule has 0 aromatic heterocycles. The van der Waals surface area contributed by atoms with E-state index in [2.05, 4.69) is 30.9 Å². The highest BCUT2D eigenvalue weighted by atomic mass is 35.5. The lowest BCUT2D eigenvalue weighted by atomic mass is 10.0. The van der Waals surface area contributed by atoms with Gasteiger partial charge in [0, 0.05) is 23.7 Å². The van der Waals surface area contributed by atoms with E-state index in [-0.39, 0.29) is 0 Å². The van der Waals surface area contributed by atoms with E-state index >= 15 is 0 Å². The Kier molecular flexibility index (Phi) is 6.53. The SMILES string of the molecule is CC(C)CCN(C1CCCC1)C(CN)c1cccc(Cl)c1.